The fraction of sp³-hybridized carbons (Fsp3) is 0.368. The molecule has 124 valence electrons. The third kappa shape index (κ3) is 4.24. The lowest BCUT2D eigenvalue weighted by molar-refractivity contribution is 0.261. The Balaban J connectivity index is 2.08. The Bertz CT molecular complexity index is 609. The number of aromatic hydroxyl groups is 1. The van der Waals surface area contributed by atoms with E-state index in [-0.39, 0.29) is 19.0 Å². The summed E-state index contributed by atoms with van der Waals surface area (Å²) in [5.41, 5.74) is 2.86. The van der Waals surface area contributed by atoms with Crippen molar-refractivity contribution in [1.29, 1.82) is 0 Å². The molecule has 0 aliphatic heterocycles. The predicted octanol–water partition coefficient (Wildman–Crippen LogP) is 3.47. The fourth-order valence-electron chi connectivity index (χ4n) is 2.45. The van der Waals surface area contributed by atoms with Crippen molar-refractivity contribution in [2.24, 2.45) is 0 Å². The monoisotopic (exact) mass is 316 g/mol. The zero-order chi connectivity index (χ0) is 16.8. The molecular formula is C19H24O4. The largest absolute Gasteiger partial charge is 0.507 e. The summed E-state index contributed by atoms with van der Waals surface area (Å²) in [4.78, 5) is 0. The van der Waals surface area contributed by atoms with Crippen LogP contribution in [-0.2, 0) is 19.8 Å². The second-order valence-corrected chi connectivity index (χ2v) is 5.75. The molecule has 1 unspecified atom stereocenters. The Kier molecular flexibility index (Phi) is 6.02. The van der Waals surface area contributed by atoms with Gasteiger partial charge in [-0.3, -0.25) is 0 Å². The maximum atomic E-state index is 9.84. The standard InChI is InChI=1S/C19H24O4/c1-3-13(2)15-4-6-18(7-5-15)23-12-14-8-16(10-20)19(22)17(9-14)11-21/h4-9,13,20-22H,3,10-12H2,1-2H3. The minimum absolute atomic E-state index is 0.0587. The lowest BCUT2D eigenvalue weighted by Crippen LogP contribution is -2.00. The third-order valence-corrected chi connectivity index (χ3v) is 4.14. The molecule has 2 aromatic carbocycles. The summed E-state index contributed by atoms with van der Waals surface area (Å²) < 4.78 is 5.75. The van der Waals surface area contributed by atoms with Gasteiger partial charge >= 0.3 is 0 Å². The molecule has 2 rings (SSSR count). The molecule has 0 bridgehead atoms. The van der Waals surface area contributed by atoms with Gasteiger partial charge in [0, 0.05) is 11.1 Å². The van der Waals surface area contributed by atoms with Crippen molar-refractivity contribution in [2.75, 3.05) is 0 Å². The van der Waals surface area contributed by atoms with E-state index < -0.39 is 0 Å². The summed E-state index contributed by atoms with van der Waals surface area (Å²) in [7, 11) is 0. The van der Waals surface area contributed by atoms with Crippen molar-refractivity contribution < 1.29 is 20.1 Å². The first-order valence-corrected chi connectivity index (χ1v) is 7.87. The van der Waals surface area contributed by atoms with Crippen LogP contribution in [0.5, 0.6) is 11.5 Å². The summed E-state index contributed by atoms with van der Waals surface area (Å²) in [6.45, 7) is 4.10. The van der Waals surface area contributed by atoms with Gasteiger partial charge in [0.1, 0.15) is 18.1 Å². The van der Waals surface area contributed by atoms with Crippen molar-refractivity contribution in [3.8, 4) is 11.5 Å². The average molecular weight is 316 g/mol. The van der Waals surface area contributed by atoms with Crippen LogP contribution in [0.4, 0.5) is 0 Å². The lowest BCUT2D eigenvalue weighted by atomic mass is 9.99. The number of aliphatic hydroxyl groups is 2. The van der Waals surface area contributed by atoms with Gasteiger partial charge in [-0.1, -0.05) is 26.0 Å². The van der Waals surface area contributed by atoms with E-state index in [9.17, 15) is 15.3 Å². The first kappa shape index (κ1) is 17.3. The van der Waals surface area contributed by atoms with E-state index >= 15 is 0 Å². The second kappa shape index (κ2) is 7.99. The molecule has 4 nitrogen and oxygen atoms in total. The molecule has 3 N–H and O–H groups in total. The minimum Gasteiger partial charge on any atom is -0.507 e. The van der Waals surface area contributed by atoms with Gasteiger partial charge in [0.05, 0.1) is 13.2 Å². The van der Waals surface area contributed by atoms with Gasteiger partial charge in [-0.25, -0.2) is 0 Å². The van der Waals surface area contributed by atoms with Crippen molar-refractivity contribution >= 4 is 0 Å². The topological polar surface area (TPSA) is 69.9 Å². The van der Waals surface area contributed by atoms with E-state index in [1.807, 2.05) is 12.1 Å². The molecule has 0 saturated heterocycles. The molecule has 4 heteroatoms. The molecule has 0 aliphatic carbocycles. The molecular weight excluding hydrogens is 292 g/mol. The average Bonchev–Trinajstić information content (AvgIpc) is 2.60. The van der Waals surface area contributed by atoms with Crippen molar-refractivity contribution in [3.05, 3.63) is 58.7 Å². The Labute approximate surface area is 137 Å². The minimum atomic E-state index is -0.281. The highest BCUT2D eigenvalue weighted by molar-refractivity contribution is 5.43. The second-order valence-electron chi connectivity index (χ2n) is 5.75. The van der Waals surface area contributed by atoms with E-state index in [2.05, 4.69) is 26.0 Å². The molecule has 0 saturated carbocycles. The maximum Gasteiger partial charge on any atom is 0.126 e. The van der Waals surface area contributed by atoms with Gasteiger partial charge in [-0.15, -0.1) is 0 Å². The molecule has 1 atom stereocenters. The number of hydrogen-bond donors (Lipinski definition) is 3. The van der Waals surface area contributed by atoms with Crippen molar-refractivity contribution in [2.45, 2.75) is 46.0 Å². The van der Waals surface area contributed by atoms with Crippen molar-refractivity contribution in [3.63, 3.8) is 0 Å². The van der Waals surface area contributed by atoms with Crippen LogP contribution in [0.1, 0.15) is 48.4 Å². The highest BCUT2D eigenvalue weighted by atomic mass is 16.5. The highest BCUT2D eigenvalue weighted by Gasteiger charge is 2.09. The molecule has 0 radical (unpaired) electrons. The number of benzene rings is 2. The normalized spacial score (nSPS) is 12.2. The van der Waals surface area contributed by atoms with Gasteiger partial charge in [0.15, 0.2) is 0 Å². The van der Waals surface area contributed by atoms with Gasteiger partial charge in [-0.05, 0) is 47.7 Å². The summed E-state index contributed by atoms with van der Waals surface area (Å²) >= 11 is 0. The van der Waals surface area contributed by atoms with Crippen LogP contribution >= 0.6 is 0 Å². The van der Waals surface area contributed by atoms with Crippen LogP contribution < -0.4 is 4.74 Å². The number of ether oxygens (including phenoxy) is 1. The molecule has 0 spiro atoms. The molecule has 0 fully saturated rings. The van der Waals surface area contributed by atoms with E-state index in [0.29, 0.717) is 23.7 Å². The molecule has 23 heavy (non-hydrogen) atoms. The van der Waals surface area contributed by atoms with Gasteiger partial charge in [0.2, 0.25) is 0 Å². The van der Waals surface area contributed by atoms with E-state index in [1.165, 1.54) is 5.56 Å². The SMILES string of the molecule is CCC(C)c1ccc(OCc2cc(CO)c(O)c(CO)c2)cc1. The quantitative estimate of drug-likeness (QED) is 0.731. The zero-order valence-corrected chi connectivity index (χ0v) is 13.6. The lowest BCUT2D eigenvalue weighted by Gasteiger charge is -2.13. The Morgan fingerprint density at radius 2 is 1.57 bits per heavy atom. The summed E-state index contributed by atoms with van der Waals surface area (Å²) in [6.07, 6.45) is 1.10. The number of aliphatic hydroxyl groups excluding tert-OH is 2. The smallest absolute Gasteiger partial charge is 0.126 e. The van der Waals surface area contributed by atoms with Crippen LogP contribution in [0.2, 0.25) is 0 Å². The fourth-order valence-corrected chi connectivity index (χ4v) is 2.45. The number of hydrogen-bond acceptors (Lipinski definition) is 4. The molecule has 0 heterocycles. The van der Waals surface area contributed by atoms with Crippen LogP contribution in [0.15, 0.2) is 36.4 Å². The third-order valence-electron chi connectivity index (χ3n) is 4.14. The number of rotatable bonds is 7. The van der Waals surface area contributed by atoms with Crippen LogP contribution in [0.3, 0.4) is 0 Å². The summed E-state index contributed by atoms with van der Waals surface area (Å²) in [5.74, 6) is 1.23. The van der Waals surface area contributed by atoms with E-state index in [1.54, 1.807) is 12.1 Å². The highest BCUT2D eigenvalue weighted by Crippen LogP contribution is 2.26. The van der Waals surface area contributed by atoms with Gasteiger partial charge < -0.3 is 20.1 Å². The van der Waals surface area contributed by atoms with Crippen LogP contribution in [0.25, 0.3) is 0 Å². The Morgan fingerprint density at radius 1 is 1.00 bits per heavy atom. The zero-order valence-electron chi connectivity index (χ0n) is 13.6. The molecule has 0 amide bonds. The van der Waals surface area contributed by atoms with Crippen LogP contribution in [0, 0.1) is 0 Å². The van der Waals surface area contributed by atoms with Crippen LogP contribution in [-0.4, -0.2) is 15.3 Å². The molecule has 0 aromatic heterocycles. The van der Waals surface area contributed by atoms with Gasteiger partial charge in [-0.2, -0.15) is 0 Å². The molecule has 0 aliphatic rings. The molecule has 2 aromatic rings. The summed E-state index contributed by atoms with van der Waals surface area (Å²) in [6, 6.07) is 11.4. The first-order chi connectivity index (χ1) is 11.1. The van der Waals surface area contributed by atoms with E-state index in [4.69, 9.17) is 4.74 Å². The Hall–Kier alpha value is -2.04. The Morgan fingerprint density at radius 3 is 2.04 bits per heavy atom. The van der Waals surface area contributed by atoms with E-state index in [0.717, 1.165) is 17.7 Å². The van der Waals surface area contributed by atoms with Gasteiger partial charge in [0.25, 0.3) is 0 Å². The maximum absolute atomic E-state index is 9.84. The predicted molar refractivity (Wildman–Crippen MR) is 89.4 cm³/mol. The van der Waals surface area contributed by atoms with Crippen molar-refractivity contribution in [1.82, 2.24) is 0 Å². The summed E-state index contributed by atoms with van der Waals surface area (Å²) in [5, 5.41) is 28.4. The first-order valence-electron chi connectivity index (χ1n) is 7.87. The number of phenols is 1.